The highest BCUT2D eigenvalue weighted by Crippen LogP contribution is 2.30. The second-order valence-corrected chi connectivity index (χ2v) is 5.62. The zero-order valence-corrected chi connectivity index (χ0v) is 11.7. The number of nitrogens with one attached hydrogen (secondary N) is 1. The Labute approximate surface area is 103 Å². The van der Waals surface area contributed by atoms with Crippen LogP contribution in [0.1, 0.15) is 46.2 Å². The maximum Gasteiger partial charge on any atom is 0.0794 e. The monoisotopic (exact) mass is 240 g/mol. The van der Waals surface area contributed by atoms with Crippen molar-refractivity contribution in [2.45, 2.75) is 53.0 Å². The highest BCUT2D eigenvalue weighted by molar-refractivity contribution is 7.07. The Morgan fingerprint density at radius 2 is 2.06 bits per heavy atom. The van der Waals surface area contributed by atoms with Gasteiger partial charge in [0.05, 0.1) is 11.2 Å². The molecule has 92 valence electrons. The average molecular weight is 240 g/mol. The molecular weight excluding hydrogens is 216 g/mol. The van der Waals surface area contributed by atoms with Gasteiger partial charge < -0.3 is 5.32 Å². The number of hydrogen-bond donors (Lipinski definition) is 1. The van der Waals surface area contributed by atoms with Crippen LogP contribution in [0.4, 0.5) is 0 Å². The van der Waals surface area contributed by atoms with Crippen LogP contribution in [0.3, 0.4) is 0 Å². The van der Waals surface area contributed by atoms with Gasteiger partial charge in [0.15, 0.2) is 0 Å². The molecule has 0 aliphatic rings. The van der Waals surface area contributed by atoms with Crippen LogP contribution in [0.5, 0.6) is 0 Å². The summed E-state index contributed by atoms with van der Waals surface area (Å²) in [4.78, 5) is 4.41. The van der Waals surface area contributed by atoms with Crippen LogP contribution in [0.2, 0.25) is 0 Å². The van der Waals surface area contributed by atoms with Gasteiger partial charge in [-0.2, -0.15) is 0 Å². The first-order valence-corrected chi connectivity index (χ1v) is 7.16. The van der Waals surface area contributed by atoms with Crippen molar-refractivity contribution >= 4 is 11.3 Å². The standard InChI is InChI=1S/C13H24N2S/c1-5-13(6-2,9-14-11(3)4)7-12-8-16-10-15-12/h8,10-11,14H,5-7,9H2,1-4H3. The van der Waals surface area contributed by atoms with E-state index in [2.05, 4.69) is 43.4 Å². The van der Waals surface area contributed by atoms with Crippen LogP contribution in [0.15, 0.2) is 10.9 Å². The molecule has 1 rings (SSSR count). The summed E-state index contributed by atoms with van der Waals surface area (Å²) < 4.78 is 0. The molecule has 2 nitrogen and oxygen atoms in total. The lowest BCUT2D eigenvalue weighted by Gasteiger charge is -2.32. The summed E-state index contributed by atoms with van der Waals surface area (Å²) in [5.74, 6) is 0. The number of thiazole rings is 1. The third-order valence-corrected chi connectivity index (χ3v) is 4.06. The molecule has 0 saturated carbocycles. The van der Waals surface area contributed by atoms with E-state index < -0.39 is 0 Å². The lowest BCUT2D eigenvalue weighted by molar-refractivity contribution is 0.237. The maximum atomic E-state index is 4.41. The lowest BCUT2D eigenvalue weighted by Crippen LogP contribution is -2.38. The van der Waals surface area contributed by atoms with E-state index in [1.807, 2.05) is 5.51 Å². The van der Waals surface area contributed by atoms with Crippen molar-refractivity contribution in [3.63, 3.8) is 0 Å². The largest absolute Gasteiger partial charge is 0.314 e. The smallest absolute Gasteiger partial charge is 0.0794 e. The van der Waals surface area contributed by atoms with Crippen LogP contribution in [0.25, 0.3) is 0 Å². The molecule has 0 spiro atoms. The van der Waals surface area contributed by atoms with Crippen molar-refractivity contribution in [2.24, 2.45) is 5.41 Å². The molecule has 1 N–H and O–H groups in total. The van der Waals surface area contributed by atoms with E-state index in [1.54, 1.807) is 11.3 Å². The first kappa shape index (κ1) is 13.7. The number of hydrogen-bond acceptors (Lipinski definition) is 3. The second-order valence-electron chi connectivity index (χ2n) is 4.90. The minimum Gasteiger partial charge on any atom is -0.314 e. The van der Waals surface area contributed by atoms with Gasteiger partial charge in [-0.05, 0) is 24.7 Å². The third-order valence-electron chi connectivity index (χ3n) is 3.42. The molecule has 0 saturated heterocycles. The molecule has 0 unspecified atom stereocenters. The van der Waals surface area contributed by atoms with Gasteiger partial charge in [-0.25, -0.2) is 4.98 Å². The zero-order chi connectivity index (χ0) is 12.0. The van der Waals surface area contributed by atoms with E-state index in [1.165, 1.54) is 18.5 Å². The fourth-order valence-corrected chi connectivity index (χ4v) is 2.50. The van der Waals surface area contributed by atoms with Crippen molar-refractivity contribution in [3.05, 3.63) is 16.6 Å². The van der Waals surface area contributed by atoms with Gasteiger partial charge in [-0.3, -0.25) is 0 Å². The molecule has 0 radical (unpaired) electrons. The maximum absolute atomic E-state index is 4.41. The van der Waals surface area contributed by atoms with Crippen LogP contribution in [-0.2, 0) is 6.42 Å². The topological polar surface area (TPSA) is 24.9 Å². The van der Waals surface area contributed by atoms with E-state index in [-0.39, 0.29) is 0 Å². The van der Waals surface area contributed by atoms with Gasteiger partial charge in [0.25, 0.3) is 0 Å². The van der Waals surface area contributed by atoms with E-state index >= 15 is 0 Å². The highest BCUT2D eigenvalue weighted by atomic mass is 32.1. The molecular formula is C13H24N2S. The van der Waals surface area contributed by atoms with Crippen molar-refractivity contribution in [3.8, 4) is 0 Å². The Hall–Kier alpha value is -0.410. The third kappa shape index (κ3) is 3.87. The first-order chi connectivity index (χ1) is 7.62. The van der Waals surface area contributed by atoms with E-state index in [4.69, 9.17) is 0 Å². The van der Waals surface area contributed by atoms with Crippen molar-refractivity contribution in [2.75, 3.05) is 6.54 Å². The molecule has 0 bridgehead atoms. The van der Waals surface area contributed by atoms with E-state index in [9.17, 15) is 0 Å². The van der Waals surface area contributed by atoms with E-state index in [0.717, 1.165) is 13.0 Å². The summed E-state index contributed by atoms with van der Waals surface area (Å²) in [6.45, 7) is 10.1. The van der Waals surface area contributed by atoms with Crippen molar-refractivity contribution < 1.29 is 0 Å². The van der Waals surface area contributed by atoms with Crippen LogP contribution in [0, 0.1) is 5.41 Å². The molecule has 0 fully saturated rings. The molecule has 1 aromatic rings. The predicted octanol–water partition coefficient (Wildman–Crippen LogP) is 3.49. The summed E-state index contributed by atoms with van der Waals surface area (Å²) in [5, 5.41) is 5.75. The molecule has 3 heteroatoms. The van der Waals surface area contributed by atoms with E-state index in [0.29, 0.717) is 11.5 Å². The fourth-order valence-electron chi connectivity index (χ4n) is 1.94. The minimum atomic E-state index is 0.373. The van der Waals surface area contributed by atoms with Gasteiger partial charge in [0, 0.05) is 18.0 Å². The van der Waals surface area contributed by atoms with Crippen LogP contribution in [-0.4, -0.2) is 17.6 Å². The van der Waals surface area contributed by atoms with Gasteiger partial charge >= 0.3 is 0 Å². The molecule has 0 amide bonds. The summed E-state index contributed by atoms with van der Waals surface area (Å²) in [6.07, 6.45) is 3.52. The first-order valence-electron chi connectivity index (χ1n) is 6.22. The second kappa shape index (κ2) is 6.36. The molecule has 0 atom stereocenters. The zero-order valence-electron chi connectivity index (χ0n) is 10.9. The van der Waals surface area contributed by atoms with Gasteiger partial charge in [-0.1, -0.05) is 27.7 Å². The molecule has 1 heterocycles. The predicted molar refractivity (Wildman–Crippen MR) is 72.0 cm³/mol. The SMILES string of the molecule is CCC(CC)(CNC(C)C)Cc1cscn1. The molecule has 1 aromatic heterocycles. The molecule has 16 heavy (non-hydrogen) atoms. The molecule has 0 aliphatic heterocycles. The average Bonchev–Trinajstić information content (AvgIpc) is 2.77. The summed E-state index contributed by atoms with van der Waals surface area (Å²) in [6, 6.07) is 0.563. The number of aromatic nitrogens is 1. The Morgan fingerprint density at radius 3 is 2.50 bits per heavy atom. The molecule has 0 aromatic carbocycles. The highest BCUT2D eigenvalue weighted by Gasteiger charge is 2.27. The summed E-state index contributed by atoms with van der Waals surface area (Å²) >= 11 is 1.69. The Kier molecular flexibility index (Phi) is 5.42. The van der Waals surface area contributed by atoms with Gasteiger partial charge in [0.1, 0.15) is 0 Å². The lowest BCUT2D eigenvalue weighted by atomic mass is 9.78. The number of nitrogens with zero attached hydrogens (tertiary/aromatic N) is 1. The van der Waals surface area contributed by atoms with Crippen molar-refractivity contribution in [1.29, 1.82) is 0 Å². The minimum absolute atomic E-state index is 0.373. The van der Waals surface area contributed by atoms with Gasteiger partial charge in [0.2, 0.25) is 0 Å². The Morgan fingerprint density at radius 1 is 1.38 bits per heavy atom. The van der Waals surface area contributed by atoms with Crippen molar-refractivity contribution in [1.82, 2.24) is 10.3 Å². The summed E-state index contributed by atoms with van der Waals surface area (Å²) in [5.41, 5.74) is 3.55. The Balaban J connectivity index is 2.63. The normalized spacial score (nSPS) is 12.3. The quantitative estimate of drug-likeness (QED) is 0.789. The van der Waals surface area contributed by atoms with Gasteiger partial charge in [-0.15, -0.1) is 11.3 Å². The fraction of sp³-hybridized carbons (Fsp3) is 0.769. The van der Waals surface area contributed by atoms with Crippen LogP contribution < -0.4 is 5.32 Å². The van der Waals surface area contributed by atoms with Crippen LogP contribution >= 0.6 is 11.3 Å². The Bertz CT molecular complexity index is 276. The summed E-state index contributed by atoms with van der Waals surface area (Å²) in [7, 11) is 0. The molecule has 0 aliphatic carbocycles. The number of rotatable bonds is 7.